The normalized spacial score (nSPS) is 10.6. The Morgan fingerprint density at radius 3 is 2.67 bits per heavy atom. The van der Waals surface area contributed by atoms with E-state index in [-0.39, 0.29) is 5.91 Å². The molecule has 24 heavy (non-hydrogen) atoms. The second kappa shape index (κ2) is 9.72. The quantitative estimate of drug-likeness (QED) is 0.679. The van der Waals surface area contributed by atoms with Crippen LogP contribution in [-0.4, -0.2) is 43.1 Å². The van der Waals surface area contributed by atoms with E-state index in [1.807, 2.05) is 41.3 Å². The standard InChI is InChI=1S/C18H25N3O3/c1-23-12-4-10-19-18(22)5-3-11-21-14-16(13-20-21)15-6-8-17(24-2)9-7-15/h6-9,13-14H,3-5,10-12H2,1-2H3,(H,19,22). The molecule has 0 unspecified atom stereocenters. The highest BCUT2D eigenvalue weighted by atomic mass is 16.5. The molecule has 0 fully saturated rings. The average molecular weight is 331 g/mol. The maximum atomic E-state index is 11.7. The molecule has 0 atom stereocenters. The van der Waals surface area contributed by atoms with Gasteiger partial charge in [-0.2, -0.15) is 5.10 Å². The number of rotatable bonds is 10. The van der Waals surface area contributed by atoms with Crippen LogP contribution < -0.4 is 10.1 Å². The largest absolute Gasteiger partial charge is 0.497 e. The summed E-state index contributed by atoms with van der Waals surface area (Å²) in [4.78, 5) is 11.7. The van der Waals surface area contributed by atoms with E-state index in [1.54, 1.807) is 14.2 Å². The third-order valence-corrected chi connectivity index (χ3v) is 3.70. The van der Waals surface area contributed by atoms with Crippen molar-refractivity contribution in [3.8, 4) is 16.9 Å². The fourth-order valence-corrected chi connectivity index (χ4v) is 2.35. The summed E-state index contributed by atoms with van der Waals surface area (Å²) in [6.07, 6.45) is 5.95. The number of benzene rings is 1. The minimum absolute atomic E-state index is 0.0774. The fourth-order valence-electron chi connectivity index (χ4n) is 2.35. The van der Waals surface area contributed by atoms with Crippen LogP contribution in [0.15, 0.2) is 36.7 Å². The third kappa shape index (κ3) is 5.70. The lowest BCUT2D eigenvalue weighted by Gasteiger charge is -2.05. The number of nitrogens with zero attached hydrogens (tertiary/aromatic N) is 2. The summed E-state index contributed by atoms with van der Waals surface area (Å²) >= 11 is 0. The zero-order chi connectivity index (χ0) is 17.2. The molecule has 1 amide bonds. The number of hydrogen-bond donors (Lipinski definition) is 1. The first-order chi connectivity index (χ1) is 11.7. The molecule has 0 radical (unpaired) electrons. The first kappa shape index (κ1) is 18.0. The Morgan fingerprint density at radius 2 is 1.96 bits per heavy atom. The van der Waals surface area contributed by atoms with Gasteiger partial charge in [-0.3, -0.25) is 9.48 Å². The molecular formula is C18H25N3O3. The second-order valence-electron chi connectivity index (χ2n) is 5.52. The van der Waals surface area contributed by atoms with Crippen LogP contribution in [-0.2, 0) is 16.1 Å². The number of aromatic nitrogens is 2. The van der Waals surface area contributed by atoms with E-state index in [2.05, 4.69) is 10.4 Å². The Balaban J connectivity index is 1.74. The number of ether oxygens (including phenoxy) is 2. The molecule has 0 bridgehead atoms. The Morgan fingerprint density at radius 1 is 1.17 bits per heavy atom. The topological polar surface area (TPSA) is 65.4 Å². The summed E-state index contributed by atoms with van der Waals surface area (Å²) in [7, 11) is 3.31. The van der Waals surface area contributed by atoms with Crippen molar-refractivity contribution in [2.24, 2.45) is 0 Å². The third-order valence-electron chi connectivity index (χ3n) is 3.70. The van der Waals surface area contributed by atoms with Gasteiger partial charge in [0.05, 0.1) is 13.3 Å². The Hall–Kier alpha value is -2.34. The van der Waals surface area contributed by atoms with E-state index >= 15 is 0 Å². The van der Waals surface area contributed by atoms with Crippen molar-refractivity contribution in [2.45, 2.75) is 25.8 Å². The molecule has 1 N–H and O–H groups in total. The Bertz CT molecular complexity index is 623. The summed E-state index contributed by atoms with van der Waals surface area (Å²) in [5.74, 6) is 0.913. The molecule has 1 aromatic heterocycles. The molecular weight excluding hydrogens is 306 g/mol. The summed E-state index contributed by atoms with van der Waals surface area (Å²) in [5.41, 5.74) is 2.15. The lowest BCUT2D eigenvalue weighted by Crippen LogP contribution is -2.25. The van der Waals surface area contributed by atoms with Crippen LogP contribution in [0.5, 0.6) is 5.75 Å². The Labute approximate surface area is 142 Å². The predicted molar refractivity (Wildman–Crippen MR) is 93.0 cm³/mol. The number of methoxy groups -OCH3 is 2. The molecule has 6 heteroatoms. The van der Waals surface area contributed by atoms with E-state index in [9.17, 15) is 4.79 Å². The fraction of sp³-hybridized carbons (Fsp3) is 0.444. The zero-order valence-electron chi connectivity index (χ0n) is 14.3. The van der Waals surface area contributed by atoms with Crippen LogP contribution in [0.2, 0.25) is 0 Å². The van der Waals surface area contributed by atoms with Gasteiger partial charge in [-0.25, -0.2) is 0 Å². The van der Waals surface area contributed by atoms with E-state index in [0.29, 0.717) is 19.6 Å². The maximum Gasteiger partial charge on any atom is 0.220 e. The SMILES string of the molecule is COCCCNC(=O)CCCn1cc(-c2ccc(OC)cc2)cn1. The van der Waals surface area contributed by atoms with Crippen LogP contribution in [0, 0.1) is 0 Å². The number of hydrogen-bond acceptors (Lipinski definition) is 4. The highest BCUT2D eigenvalue weighted by molar-refractivity contribution is 5.75. The van der Waals surface area contributed by atoms with Crippen molar-refractivity contribution in [1.29, 1.82) is 0 Å². The summed E-state index contributed by atoms with van der Waals surface area (Å²) in [6, 6.07) is 7.88. The molecule has 0 aliphatic carbocycles. The monoisotopic (exact) mass is 331 g/mol. The molecule has 0 saturated heterocycles. The lowest BCUT2D eigenvalue weighted by atomic mass is 10.1. The van der Waals surface area contributed by atoms with Crippen LogP contribution >= 0.6 is 0 Å². The molecule has 0 aliphatic rings. The first-order valence-electron chi connectivity index (χ1n) is 8.15. The average Bonchev–Trinajstić information content (AvgIpc) is 3.08. The van der Waals surface area contributed by atoms with Crippen molar-refractivity contribution in [3.63, 3.8) is 0 Å². The van der Waals surface area contributed by atoms with Crippen LogP contribution in [0.3, 0.4) is 0 Å². The molecule has 1 aromatic carbocycles. The molecule has 2 aromatic rings. The Kier molecular flexibility index (Phi) is 7.29. The van der Waals surface area contributed by atoms with Crippen LogP contribution in [0.25, 0.3) is 11.1 Å². The molecule has 130 valence electrons. The number of carbonyl (C=O) groups excluding carboxylic acids is 1. The van der Waals surface area contributed by atoms with Crippen molar-refractivity contribution in [3.05, 3.63) is 36.7 Å². The van der Waals surface area contributed by atoms with Crippen LogP contribution in [0.4, 0.5) is 0 Å². The zero-order valence-corrected chi connectivity index (χ0v) is 14.3. The van der Waals surface area contributed by atoms with E-state index in [1.165, 1.54) is 0 Å². The van der Waals surface area contributed by atoms with Gasteiger partial charge in [0, 0.05) is 45.0 Å². The summed E-state index contributed by atoms with van der Waals surface area (Å²) in [6.45, 7) is 2.05. The number of nitrogens with one attached hydrogen (secondary N) is 1. The summed E-state index contributed by atoms with van der Waals surface area (Å²) in [5, 5.41) is 7.24. The molecule has 2 rings (SSSR count). The van der Waals surface area contributed by atoms with E-state index in [0.717, 1.165) is 36.3 Å². The minimum atomic E-state index is 0.0774. The van der Waals surface area contributed by atoms with E-state index in [4.69, 9.17) is 9.47 Å². The highest BCUT2D eigenvalue weighted by Gasteiger charge is 2.04. The van der Waals surface area contributed by atoms with Gasteiger partial charge in [-0.15, -0.1) is 0 Å². The van der Waals surface area contributed by atoms with E-state index < -0.39 is 0 Å². The van der Waals surface area contributed by atoms with Crippen molar-refractivity contribution in [2.75, 3.05) is 27.4 Å². The van der Waals surface area contributed by atoms with Crippen molar-refractivity contribution >= 4 is 5.91 Å². The number of carbonyl (C=O) groups is 1. The molecule has 1 heterocycles. The van der Waals surface area contributed by atoms with Crippen LogP contribution in [0.1, 0.15) is 19.3 Å². The number of aryl methyl sites for hydroxylation is 1. The molecule has 6 nitrogen and oxygen atoms in total. The number of amides is 1. The maximum absolute atomic E-state index is 11.7. The smallest absolute Gasteiger partial charge is 0.220 e. The van der Waals surface area contributed by atoms with Gasteiger partial charge >= 0.3 is 0 Å². The van der Waals surface area contributed by atoms with Crippen molar-refractivity contribution < 1.29 is 14.3 Å². The van der Waals surface area contributed by atoms with Gasteiger partial charge < -0.3 is 14.8 Å². The minimum Gasteiger partial charge on any atom is -0.497 e. The molecule has 0 aliphatic heterocycles. The highest BCUT2D eigenvalue weighted by Crippen LogP contribution is 2.21. The molecule has 0 spiro atoms. The lowest BCUT2D eigenvalue weighted by molar-refractivity contribution is -0.121. The molecule has 0 saturated carbocycles. The second-order valence-corrected chi connectivity index (χ2v) is 5.52. The van der Waals surface area contributed by atoms with Gasteiger partial charge in [-0.1, -0.05) is 12.1 Å². The van der Waals surface area contributed by atoms with Gasteiger partial charge in [0.15, 0.2) is 0 Å². The van der Waals surface area contributed by atoms with Gasteiger partial charge in [0.2, 0.25) is 5.91 Å². The van der Waals surface area contributed by atoms with Gasteiger partial charge in [0.1, 0.15) is 5.75 Å². The van der Waals surface area contributed by atoms with Crippen molar-refractivity contribution in [1.82, 2.24) is 15.1 Å². The predicted octanol–water partition coefficient (Wildman–Crippen LogP) is 2.49. The van der Waals surface area contributed by atoms with Gasteiger partial charge in [0.25, 0.3) is 0 Å². The summed E-state index contributed by atoms with van der Waals surface area (Å²) < 4.78 is 12.0. The first-order valence-corrected chi connectivity index (χ1v) is 8.15. The van der Waals surface area contributed by atoms with Gasteiger partial charge in [-0.05, 0) is 30.5 Å².